The highest BCUT2D eigenvalue weighted by molar-refractivity contribution is 5.86. The van der Waals surface area contributed by atoms with Gasteiger partial charge in [0.1, 0.15) is 0 Å². The van der Waals surface area contributed by atoms with E-state index >= 15 is 0 Å². The third-order valence-corrected chi connectivity index (χ3v) is 5.87. The zero-order chi connectivity index (χ0) is 18.0. The van der Waals surface area contributed by atoms with Crippen LogP contribution in [0.4, 0.5) is 5.95 Å². The number of nitrogens with one attached hydrogen (secondary N) is 1. The molecule has 8 nitrogen and oxygen atoms in total. The van der Waals surface area contributed by atoms with Crippen LogP contribution in [0.3, 0.4) is 0 Å². The van der Waals surface area contributed by atoms with Crippen LogP contribution in [0.1, 0.15) is 19.3 Å². The number of amides is 2. The molecule has 4 rings (SSSR count). The second kappa shape index (κ2) is 7.19. The molecule has 3 aliphatic heterocycles. The Hall–Kier alpha value is -2.22. The minimum absolute atomic E-state index is 0.135. The molecule has 3 aliphatic rings. The largest absolute Gasteiger partial charge is 0.356 e. The van der Waals surface area contributed by atoms with Crippen LogP contribution in [0.15, 0.2) is 18.5 Å². The first kappa shape index (κ1) is 17.2. The SMILES string of the molecule is O=C(CN1CCN(c2ncccn2)CC1)N1CC[C@@]2(CCCNC2=O)C1. The van der Waals surface area contributed by atoms with Crippen LogP contribution in [0.2, 0.25) is 0 Å². The lowest BCUT2D eigenvalue weighted by Gasteiger charge is -2.35. The van der Waals surface area contributed by atoms with Gasteiger partial charge in [0.15, 0.2) is 0 Å². The fourth-order valence-corrected chi connectivity index (χ4v) is 4.26. The van der Waals surface area contributed by atoms with E-state index < -0.39 is 0 Å². The lowest BCUT2D eigenvalue weighted by Crippen LogP contribution is -2.51. The zero-order valence-electron chi connectivity index (χ0n) is 15.1. The van der Waals surface area contributed by atoms with E-state index in [9.17, 15) is 9.59 Å². The number of rotatable bonds is 3. The van der Waals surface area contributed by atoms with E-state index in [0.717, 1.165) is 57.9 Å². The third-order valence-electron chi connectivity index (χ3n) is 5.87. The average Bonchev–Trinajstić information content (AvgIpc) is 3.11. The van der Waals surface area contributed by atoms with Gasteiger partial charge < -0.3 is 15.1 Å². The quantitative estimate of drug-likeness (QED) is 0.801. The number of piperazine rings is 1. The summed E-state index contributed by atoms with van der Waals surface area (Å²) >= 11 is 0. The zero-order valence-corrected chi connectivity index (χ0v) is 15.1. The van der Waals surface area contributed by atoms with E-state index in [1.54, 1.807) is 12.4 Å². The summed E-state index contributed by atoms with van der Waals surface area (Å²) in [6.07, 6.45) is 6.21. The molecule has 1 N–H and O–H groups in total. The number of carbonyl (C=O) groups is 2. The molecule has 3 fully saturated rings. The summed E-state index contributed by atoms with van der Waals surface area (Å²) in [6.45, 7) is 5.77. The molecule has 0 aliphatic carbocycles. The maximum atomic E-state index is 12.7. The Bertz CT molecular complexity index is 661. The van der Waals surface area contributed by atoms with Crippen LogP contribution in [-0.2, 0) is 9.59 Å². The molecule has 3 saturated heterocycles. The van der Waals surface area contributed by atoms with E-state index in [2.05, 4.69) is 25.1 Å². The number of carbonyl (C=O) groups excluding carboxylic acids is 2. The highest BCUT2D eigenvalue weighted by atomic mass is 16.2. The van der Waals surface area contributed by atoms with Crippen molar-refractivity contribution in [2.75, 3.05) is 57.3 Å². The van der Waals surface area contributed by atoms with Crippen molar-refractivity contribution in [3.8, 4) is 0 Å². The second-order valence-corrected chi connectivity index (χ2v) is 7.52. The molecule has 0 saturated carbocycles. The van der Waals surface area contributed by atoms with E-state index in [1.165, 1.54) is 0 Å². The molecule has 0 unspecified atom stereocenters. The van der Waals surface area contributed by atoms with E-state index in [4.69, 9.17) is 0 Å². The summed E-state index contributed by atoms with van der Waals surface area (Å²) in [5, 5.41) is 2.97. The summed E-state index contributed by atoms with van der Waals surface area (Å²) in [7, 11) is 0. The first-order chi connectivity index (χ1) is 12.7. The third kappa shape index (κ3) is 3.38. The molecule has 0 aromatic carbocycles. The number of aromatic nitrogens is 2. The van der Waals surface area contributed by atoms with Crippen LogP contribution in [0.5, 0.6) is 0 Å². The van der Waals surface area contributed by atoms with Gasteiger partial charge in [-0.1, -0.05) is 0 Å². The Morgan fingerprint density at radius 1 is 1.12 bits per heavy atom. The normalized spacial score (nSPS) is 27.0. The van der Waals surface area contributed by atoms with Gasteiger partial charge in [0.2, 0.25) is 17.8 Å². The molecule has 2 amide bonds. The van der Waals surface area contributed by atoms with Crippen LogP contribution < -0.4 is 10.2 Å². The van der Waals surface area contributed by atoms with Crippen molar-refractivity contribution in [3.05, 3.63) is 18.5 Å². The summed E-state index contributed by atoms with van der Waals surface area (Å²) in [5.41, 5.74) is -0.336. The lowest BCUT2D eigenvalue weighted by atomic mass is 9.79. The number of anilines is 1. The van der Waals surface area contributed by atoms with Gasteiger partial charge in [-0.05, 0) is 25.3 Å². The minimum Gasteiger partial charge on any atom is -0.356 e. The standard InChI is InChI=1S/C18H26N6O2/c25-15(24-8-4-18(14-24)3-1-5-19-16(18)26)13-22-9-11-23(12-10-22)17-20-6-2-7-21-17/h2,6-7H,1,3-5,8-14H2,(H,19,26)/t18-/m0/s1. The molecule has 1 aromatic heterocycles. The average molecular weight is 358 g/mol. The minimum atomic E-state index is -0.336. The Morgan fingerprint density at radius 2 is 1.88 bits per heavy atom. The van der Waals surface area contributed by atoms with Crippen LogP contribution >= 0.6 is 0 Å². The Labute approximate surface area is 153 Å². The molecular formula is C18H26N6O2. The van der Waals surface area contributed by atoms with Crippen molar-refractivity contribution >= 4 is 17.8 Å². The van der Waals surface area contributed by atoms with Crippen LogP contribution in [0, 0.1) is 5.41 Å². The predicted molar refractivity (Wildman–Crippen MR) is 96.6 cm³/mol. The fraction of sp³-hybridized carbons (Fsp3) is 0.667. The van der Waals surface area contributed by atoms with Gasteiger partial charge in [0.05, 0.1) is 12.0 Å². The Kier molecular flexibility index (Phi) is 4.76. The van der Waals surface area contributed by atoms with Gasteiger partial charge in [0, 0.05) is 58.2 Å². The Morgan fingerprint density at radius 3 is 2.62 bits per heavy atom. The van der Waals surface area contributed by atoms with Crippen LogP contribution in [-0.4, -0.2) is 83.9 Å². The second-order valence-electron chi connectivity index (χ2n) is 7.52. The molecule has 140 valence electrons. The number of hydrogen-bond acceptors (Lipinski definition) is 6. The first-order valence-corrected chi connectivity index (χ1v) is 9.47. The van der Waals surface area contributed by atoms with Crippen molar-refractivity contribution in [2.45, 2.75) is 19.3 Å². The molecule has 0 bridgehead atoms. The van der Waals surface area contributed by atoms with Gasteiger partial charge in [-0.2, -0.15) is 0 Å². The molecule has 1 aromatic rings. The maximum Gasteiger partial charge on any atom is 0.236 e. The number of likely N-dealkylation sites (tertiary alicyclic amines) is 1. The highest BCUT2D eigenvalue weighted by Crippen LogP contribution is 2.37. The summed E-state index contributed by atoms with van der Waals surface area (Å²) in [4.78, 5) is 39.8. The van der Waals surface area contributed by atoms with E-state index in [1.807, 2.05) is 11.0 Å². The van der Waals surface area contributed by atoms with Crippen molar-refractivity contribution < 1.29 is 9.59 Å². The number of piperidine rings is 1. The predicted octanol–water partition coefficient (Wildman–Crippen LogP) is -0.273. The van der Waals surface area contributed by atoms with Gasteiger partial charge in [-0.3, -0.25) is 14.5 Å². The number of nitrogens with zero attached hydrogens (tertiary/aromatic N) is 5. The first-order valence-electron chi connectivity index (χ1n) is 9.47. The highest BCUT2D eigenvalue weighted by Gasteiger charge is 2.46. The van der Waals surface area contributed by atoms with Crippen LogP contribution in [0.25, 0.3) is 0 Å². The van der Waals surface area contributed by atoms with E-state index in [-0.39, 0.29) is 17.2 Å². The monoisotopic (exact) mass is 358 g/mol. The Balaban J connectivity index is 1.28. The lowest BCUT2D eigenvalue weighted by molar-refractivity contribution is -0.135. The number of hydrogen-bond donors (Lipinski definition) is 1. The molecule has 4 heterocycles. The van der Waals surface area contributed by atoms with Crippen molar-refractivity contribution in [3.63, 3.8) is 0 Å². The van der Waals surface area contributed by atoms with Crippen molar-refractivity contribution in [1.82, 2.24) is 25.1 Å². The molecular weight excluding hydrogens is 332 g/mol. The molecule has 8 heteroatoms. The maximum absolute atomic E-state index is 12.7. The topological polar surface area (TPSA) is 81.7 Å². The van der Waals surface area contributed by atoms with Gasteiger partial charge in [-0.15, -0.1) is 0 Å². The molecule has 1 atom stereocenters. The van der Waals surface area contributed by atoms with Gasteiger partial charge >= 0.3 is 0 Å². The fourth-order valence-electron chi connectivity index (χ4n) is 4.26. The molecule has 26 heavy (non-hydrogen) atoms. The van der Waals surface area contributed by atoms with Crippen molar-refractivity contribution in [1.29, 1.82) is 0 Å². The summed E-state index contributed by atoms with van der Waals surface area (Å²) < 4.78 is 0. The summed E-state index contributed by atoms with van der Waals surface area (Å²) in [5.74, 6) is 1.03. The smallest absolute Gasteiger partial charge is 0.236 e. The summed E-state index contributed by atoms with van der Waals surface area (Å²) in [6, 6.07) is 1.81. The van der Waals surface area contributed by atoms with Gasteiger partial charge in [-0.25, -0.2) is 9.97 Å². The van der Waals surface area contributed by atoms with E-state index in [0.29, 0.717) is 19.6 Å². The molecule has 0 radical (unpaired) electrons. The molecule has 1 spiro atoms. The van der Waals surface area contributed by atoms with Crippen molar-refractivity contribution in [2.24, 2.45) is 5.41 Å². The van der Waals surface area contributed by atoms with Gasteiger partial charge in [0.25, 0.3) is 0 Å².